The molecule has 56 valence electrons. The van der Waals surface area contributed by atoms with Gasteiger partial charge in [-0.05, 0) is 12.1 Å². The molecule has 0 fully saturated rings. The zero-order valence-corrected chi connectivity index (χ0v) is 5.24. The van der Waals surface area contributed by atoms with Crippen LogP contribution in [0.5, 0.6) is 0 Å². The van der Waals surface area contributed by atoms with Crippen LogP contribution in [0.15, 0.2) is 24.3 Å². The summed E-state index contributed by atoms with van der Waals surface area (Å²) in [4.78, 5) is 10.3. The summed E-state index contributed by atoms with van der Waals surface area (Å²) >= 11 is 0. The molecule has 11 heavy (non-hydrogen) atoms. The number of hydrogen-bond acceptors (Lipinski definition) is 2. The van der Waals surface area contributed by atoms with Crippen molar-refractivity contribution in [2.75, 3.05) is 5.73 Å². The van der Waals surface area contributed by atoms with Crippen molar-refractivity contribution in [3.63, 3.8) is 0 Å². The molecule has 0 saturated heterocycles. The third kappa shape index (κ3) is 2.69. The Bertz CT molecular complexity index is 262. The fraction of sp³-hybridized carbons (Fsp3) is 0. The number of nitrogen functional groups attached to an aromatic ring is 1. The topological polar surface area (TPSA) is 63.3 Å². The van der Waals surface area contributed by atoms with E-state index in [9.17, 15) is 4.79 Å². The first-order valence-corrected chi connectivity index (χ1v) is 2.79. The molecular weight excluding hydrogens is 170 g/mol. The number of anilines is 1. The third-order valence-electron chi connectivity index (χ3n) is 1.19. The molecule has 3 N–H and O–H groups in total. The van der Waals surface area contributed by atoms with Gasteiger partial charge >= 0.3 is 43.7 Å². The zero-order chi connectivity index (χ0) is 7.56. The van der Waals surface area contributed by atoms with E-state index in [-0.39, 0.29) is 43.3 Å². The predicted octanol–water partition coefficient (Wildman–Crippen LogP) is 0.0508. The van der Waals surface area contributed by atoms with Crippen LogP contribution in [0.4, 0.5) is 5.69 Å². The van der Waals surface area contributed by atoms with Gasteiger partial charge in [0.1, 0.15) is 0 Å². The van der Waals surface area contributed by atoms with Crippen LogP contribution in [-0.4, -0.2) is 48.8 Å². The second kappa shape index (κ2) is 4.59. The first kappa shape index (κ1) is 10.7. The number of nitrogens with two attached hydrogens (primary N) is 1. The first-order valence-electron chi connectivity index (χ1n) is 2.79. The van der Waals surface area contributed by atoms with Crippen molar-refractivity contribution in [3.05, 3.63) is 29.8 Å². The molecule has 1 aromatic rings. The monoisotopic (exact) mass is 179 g/mol. The Morgan fingerprint density at radius 3 is 2.27 bits per heavy atom. The van der Waals surface area contributed by atoms with Crippen LogP contribution < -0.4 is 5.73 Å². The Kier molecular flexibility index (Phi) is 4.49. The van der Waals surface area contributed by atoms with Crippen LogP contribution in [-0.2, 0) is 0 Å². The summed E-state index contributed by atoms with van der Waals surface area (Å²) in [7, 11) is 0. The predicted molar refractivity (Wildman–Crippen MR) is 46.4 cm³/mol. The van der Waals surface area contributed by atoms with E-state index in [0.717, 1.165) is 0 Å². The van der Waals surface area contributed by atoms with Crippen molar-refractivity contribution in [3.8, 4) is 0 Å². The Morgan fingerprint density at radius 1 is 1.36 bits per heavy atom. The van der Waals surface area contributed by atoms with E-state index in [1.54, 1.807) is 18.2 Å². The van der Waals surface area contributed by atoms with E-state index in [0.29, 0.717) is 5.69 Å². The van der Waals surface area contributed by atoms with E-state index >= 15 is 0 Å². The number of carboxylic acid groups (broad SMARTS) is 1. The molecule has 0 aromatic heterocycles. The van der Waals surface area contributed by atoms with Gasteiger partial charge in [-0.25, -0.2) is 4.79 Å². The van der Waals surface area contributed by atoms with Crippen LogP contribution in [0.1, 0.15) is 10.4 Å². The molecule has 1 rings (SSSR count). The minimum absolute atomic E-state index is 0. The Labute approximate surface area is 94.2 Å². The summed E-state index contributed by atoms with van der Waals surface area (Å²) in [5.74, 6) is -0.988. The standard InChI is InChI=1S/C7H7NO2.Ca.2H/c8-6-4-2-1-3-5(6)7(9)10;;;/h1-4H,8H2,(H,9,10);;;. The molecule has 1 aromatic carbocycles. The quantitative estimate of drug-likeness (QED) is 0.473. The summed E-state index contributed by atoms with van der Waals surface area (Å²) in [5, 5.41) is 8.49. The van der Waals surface area contributed by atoms with Crippen LogP contribution in [0, 0.1) is 0 Å². The van der Waals surface area contributed by atoms with Gasteiger partial charge in [0, 0.05) is 5.69 Å². The van der Waals surface area contributed by atoms with Gasteiger partial charge in [-0.3, -0.25) is 0 Å². The molecule has 0 spiro atoms. The normalized spacial score (nSPS) is 8.36. The Morgan fingerprint density at radius 2 is 1.91 bits per heavy atom. The van der Waals surface area contributed by atoms with Crippen molar-refractivity contribution in [1.82, 2.24) is 0 Å². The molecule has 3 nitrogen and oxygen atoms in total. The molecule has 0 aliphatic carbocycles. The molecule has 0 amide bonds. The van der Waals surface area contributed by atoms with Gasteiger partial charge in [-0.15, -0.1) is 0 Å². The Balaban J connectivity index is 0.000001000. The molecule has 4 heteroatoms. The van der Waals surface area contributed by atoms with Crippen molar-refractivity contribution in [2.45, 2.75) is 0 Å². The molecule has 0 atom stereocenters. The summed E-state index contributed by atoms with van der Waals surface area (Å²) in [5.41, 5.74) is 5.80. The van der Waals surface area contributed by atoms with E-state index in [4.69, 9.17) is 10.8 Å². The Hall–Kier alpha value is -0.250. The van der Waals surface area contributed by atoms with Gasteiger partial charge < -0.3 is 10.8 Å². The van der Waals surface area contributed by atoms with Crippen molar-refractivity contribution in [2.24, 2.45) is 0 Å². The first-order chi connectivity index (χ1) is 4.72. The molecule has 0 bridgehead atoms. The molecule has 0 radical (unpaired) electrons. The number of benzene rings is 1. The molecule has 0 aliphatic rings. The van der Waals surface area contributed by atoms with Gasteiger partial charge in [-0.1, -0.05) is 12.1 Å². The molecular formula is C7H9CaNO2. The maximum atomic E-state index is 10.3. The van der Waals surface area contributed by atoms with Crippen LogP contribution in [0.3, 0.4) is 0 Å². The number of carbonyl (C=O) groups is 1. The molecule has 0 saturated carbocycles. The van der Waals surface area contributed by atoms with Crippen LogP contribution >= 0.6 is 0 Å². The molecule has 0 unspecified atom stereocenters. The van der Waals surface area contributed by atoms with Gasteiger partial charge in [-0.2, -0.15) is 0 Å². The fourth-order valence-electron chi connectivity index (χ4n) is 0.692. The van der Waals surface area contributed by atoms with E-state index in [1.807, 2.05) is 0 Å². The van der Waals surface area contributed by atoms with E-state index in [2.05, 4.69) is 0 Å². The van der Waals surface area contributed by atoms with Crippen molar-refractivity contribution in [1.29, 1.82) is 0 Å². The van der Waals surface area contributed by atoms with Crippen LogP contribution in [0.2, 0.25) is 0 Å². The average Bonchev–Trinajstić information content (AvgIpc) is 1.88. The maximum absolute atomic E-state index is 10.3. The second-order valence-electron chi connectivity index (χ2n) is 1.89. The summed E-state index contributed by atoms with van der Waals surface area (Å²) in [6, 6.07) is 6.36. The van der Waals surface area contributed by atoms with E-state index < -0.39 is 5.97 Å². The van der Waals surface area contributed by atoms with E-state index in [1.165, 1.54) is 6.07 Å². The summed E-state index contributed by atoms with van der Waals surface area (Å²) in [6.07, 6.45) is 0. The number of carboxylic acids is 1. The van der Waals surface area contributed by atoms with Crippen molar-refractivity contribution >= 4 is 49.4 Å². The van der Waals surface area contributed by atoms with Gasteiger partial charge in [0.25, 0.3) is 0 Å². The van der Waals surface area contributed by atoms with Gasteiger partial charge in [0.2, 0.25) is 0 Å². The number of aromatic carboxylic acids is 1. The molecule has 0 aliphatic heterocycles. The molecule has 0 heterocycles. The van der Waals surface area contributed by atoms with Gasteiger partial charge in [0.05, 0.1) is 5.56 Å². The zero-order valence-electron chi connectivity index (χ0n) is 5.24. The third-order valence-corrected chi connectivity index (χ3v) is 1.19. The fourth-order valence-corrected chi connectivity index (χ4v) is 0.692. The van der Waals surface area contributed by atoms with Crippen LogP contribution in [0.25, 0.3) is 0 Å². The van der Waals surface area contributed by atoms with Crippen molar-refractivity contribution < 1.29 is 9.90 Å². The SMILES string of the molecule is Nc1ccccc1C(=O)O.[CaH2]. The summed E-state index contributed by atoms with van der Waals surface area (Å²) < 4.78 is 0. The number of rotatable bonds is 1. The summed E-state index contributed by atoms with van der Waals surface area (Å²) in [6.45, 7) is 0. The second-order valence-corrected chi connectivity index (χ2v) is 1.89. The minimum atomic E-state index is -0.988. The number of para-hydroxylation sites is 1. The average molecular weight is 179 g/mol. The van der Waals surface area contributed by atoms with Gasteiger partial charge in [0.15, 0.2) is 0 Å². The number of hydrogen-bond donors (Lipinski definition) is 2.